The van der Waals surface area contributed by atoms with Gasteiger partial charge < -0.3 is 5.32 Å². The first kappa shape index (κ1) is 9.28. The molecule has 0 aromatic carbocycles. The van der Waals surface area contributed by atoms with Crippen molar-refractivity contribution in [3.05, 3.63) is 23.9 Å². The van der Waals surface area contributed by atoms with Gasteiger partial charge in [-0.15, -0.1) is 0 Å². The number of allylic oxidation sites excluding steroid dienone is 3. The van der Waals surface area contributed by atoms with Gasteiger partial charge in [-0.3, -0.25) is 0 Å². The molecule has 58 valence electrons. The molecule has 10 heavy (non-hydrogen) atoms. The van der Waals surface area contributed by atoms with Gasteiger partial charge in [0.15, 0.2) is 0 Å². The third kappa shape index (κ3) is 5.42. The Kier molecular flexibility index (Phi) is 5.94. The Morgan fingerprint density at radius 2 is 2.10 bits per heavy atom. The first-order valence-electron chi connectivity index (χ1n) is 3.79. The van der Waals surface area contributed by atoms with Crippen LogP contribution in [0.25, 0.3) is 0 Å². The summed E-state index contributed by atoms with van der Waals surface area (Å²) in [6, 6.07) is 0. The smallest absolute Gasteiger partial charge is 0.00276 e. The van der Waals surface area contributed by atoms with E-state index in [1.807, 2.05) is 13.2 Å². The third-order valence-corrected chi connectivity index (χ3v) is 1.23. The highest BCUT2D eigenvalue weighted by Gasteiger charge is 1.81. The van der Waals surface area contributed by atoms with Crippen LogP contribution in [0.3, 0.4) is 0 Å². The minimum Gasteiger partial charge on any atom is -0.394 e. The molecular formula is C9H17N. The molecule has 0 aliphatic rings. The summed E-state index contributed by atoms with van der Waals surface area (Å²) in [5.74, 6) is 0. The summed E-state index contributed by atoms with van der Waals surface area (Å²) in [6.45, 7) is 4.27. The lowest BCUT2D eigenvalue weighted by Crippen LogP contribution is -1.93. The van der Waals surface area contributed by atoms with E-state index in [4.69, 9.17) is 0 Å². The van der Waals surface area contributed by atoms with Gasteiger partial charge in [-0.25, -0.2) is 0 Å². The Bertz CT molecular complexity index is 123. The Labute approximate surface area is 63.8 Å². The van der Waals surface area contributed by atoms with Gasteiger partial charge in [0.25, 0.3) is 0 Å². The molecule has 0 unspecified atom stereocenters. The highest BCUT2D eigenvalue weighted by Crippen LogP contribution is 1.98. The van der Waals surface area contributed by atoms with Crippen molar-refractivity contribution in [2.45, 2.75) is 26.7 Å². The summed E-state index contributed by atoms with van der Waals surface area (Å²) < 4.78 is 0. The maximum Gasteiger partial charge on any atom is 0.00276 e. The first-order valence-corrected chi connectivity index (χ1v) is 3.79. The van der Waals surface area contributed by atoms with E-state index >= 15 is 0 Å². The molecule has 0 bridgehead atoms. The Morgan fingerprint density at radius 3 is 2.60 bits per heavy atom. The lowest BCUT2D eigenvalue weighted by Gasteiger charge is -1.93. The van der Waals surface area contributed by atoms with E-state index in [1.54, 1.807) is 0 Å². The second kappa shape index (κ2) is 6.40. The topological polar surface area (TPSA) is 12.0 Å². The fourth-order valence-corrected chi connectivity index (χ4v) is 0.741. The lowest BCUT2D eigenvalue weighted by atomic mass is 10.2. The first-order chi connectivity index (χ1) is 4.81. The molecule has 1 nitrogen and oxygen atoms in total. The Balaban J connectivity index is 3.48. The van der Waals surface area contributed by atoms with Crippen LogP contribution in [0.2, 0.25) is 0 Å². The zero-order valence-corrected chi connectivity index (χ0v) is 7.15. The molecule has 0 aliphatic heterocycles. The van der Waals surface area contributed by atoms with E-state index in [-0.39, 0.29) is 0 Å². The number of rotatable bonds is 4. The highest BCUT2D eigenvalue weighted by atomic mass is 14.8. The molecule has 0 heterocycles. The molecule has 0 atom stereocenters. The zero-order valence-electron chi connectivity index (χ0n) is 7.15. The van der Waals surface area contributed by atoms with Crippen LogP contribution in [0.15, 0.2) is 23.9 Å². The monoisotopic (exact) mass is 139 g/mol. The molecule has 0 amide bonds. The van der Waals surface area contributed by atoms with Crippen molar-refractivity contribution in [1.82, 2.24) is 5.32 Å². The van der Waals surface area contributed by atoms with Gasteiger partial charge in [-0.2, -0.15) is 0 Å². The predicted octanol–water partition coefficient (Wildman–Crippen LogP) is 2.47. The lowest BCUT2D eigenvalue weighted by molar-refractivity contribution is 1.04. The zero-order chi connectivity index (χ0) is 7.82. The maximum atomic E-state index is 3.00. The maximum absolute atomic E-state index is 3.00. The Hall–Kier alpha value is -0.720. The molecule has 1 heteroatoms. The van der Waals surface area contributed by atoms with Gasteiger partial charge in [-0.1, -0.05) is 24.6 Å². The highest BCUT2D eigenvalue weighted by molar-refractivity contribution is 5.02. The third-order valence-electron chi connectivity index (χ3n) is 1.23. The second-order valence-corrected chi connectivity index (χ2v) is 2.36. The Morgan fingerprint density at radius 1 is 1.40 bits per heavy atom. The van der Waals surface area contributed by atoms with Crippen LogP contribution in [0.5, 0.6) is 0 Å². The number of hydrogen-bond donors (Lipinski definition) is 1. The van der Waals surface area contributed by atoms with E-state index in [9.17, 15) is 0 Å². The van der Waals surface area contributed by atoms with Crippen LogP contribution in [0, 0.1) is 0 Å². The van der Waals surface area contributed by atoms with Gasteiger partial charge in [0, 0.05) is 7.05 Å². The average Bonchev–Trinajstić information content (AvgIpc) is 1.89. The molecule has 0 saturated carbocycles. The summed E-state index contributed by atoms with van der Waals surface area (Å²) in [7, 11) is 1.92. The molecule has 0 radical (unpaired) electrons. The normalized spacial score (nSPS) is 12.5. The van der Waals surface area contributed by atoms with Crippen molar-refractivity contribution in [3.63, 3.8) is 0 Å². The van der Waals surface area contributed by atoms with Crippen molar-refractivity contribution in [3.8, 4) is 0 Å². The molecule has 0 saturated heterocycles. The van der Waals surface area contributed by atoms with Crippen LogP contribution >= 0.6 is 0 Å². The van der Waals surface area contributed by atoms with E-state index in [1.165, 1.54) is 5.57 Å². The molecular weight excluding hydrogens is 122 g/mol. The largest absolute Gasteiger partial charge is 0.394 e. The van der Waals surface area contributed by atoms with Crippen LogP contribution < -0.4 is 5.32 Å². The van der Waals surface area contributed by atoms with E-state index in [2.05, 4.69) is 31.3 Å². The molecule has 1 N–H and O–H groups in total. The molecule has 0 fully saturated rings. The standard InChI is InChI=1S/C9H17N/c1-4-5-6-7-9(2)8-10-3/h5-6,8,10H,4,7H2,1-3H3/b6-5-,9-8-. The minimum atomic E-state index is 1.06. The number of nitrogens with one attached hydrogen (secondary N) is 1. The molecule has 0 spiro atoms. The van der Waals surface area contributed by atoms with Crippen molar-refractivity contribution in [1.29, 1.82) is 0 Å². The van der Waals surface area contributed by atoms with Gasteiger partial charge in [-0.05, 0) is 26.0 Å². The van der Waals surface area contributed by atoms with Crippen LogP contribution in [-0.4, -0.2) is 7.05 Å². The fraction of sp³-hybridized carbons (Fsp3) is 0.556. The van der Waals surface area contributed by atoms with Crippen LogP contribution in [-0.2, 0) is 0 Å². The fourth-order valence-electron chi connectivity index (χ4n) is 0.741. The summed E-state index contributed by atoms with van der Waals surface area (Å²) in [5, 5.41) is 3.00. The van der Waals surface area contributed by atoms with Gasteiger partial charge in [0.05, 0.1) is 0 Å². The van der Waals surface area contributed by atoms with Gasteiger partial charge >= 0.3 is 0 Å². The van der Waals surface area contributed by atoms with Crippen molar-refractivity contribution in [2.24, 2.45) is 0 Å². The summed E-state index contributed by atoms with van der Waals surface area (Å²) in [4.78, 5) is 0. The van der Waals surface area contributed by atoms with E-state index in [0.717, 1.165) is 12.8 Å². The summed E-state index contributed by atoms with van der Waals surface area (Å²) in [5.41, 5.74) is 1.37. The molecule has 0 aliphatic carbocycles. The van der Waals surface area contributed by atoms with E-state index in [0.29, 0.717) is 0 Å². The number of hydrogen-bond acceptors (Lipinski definition) is 1. The van der Waals surface area contributed by atoms with Gasteiger partial charge in [0.1, 0.15) is 0 Å². The van der Waals surface area contributed by atoms with E-state index < -0.39 is 0 Å². The van der Waals surface area contributed by atoms with Crippen molar-refractivity contribution >= 4 is 0 Å². The van der Waals surface area contributed by atoms with Gasteiger partial charge in [0.2, 0.25) is 0 Å². The summed E-state index contributed by atoms with van der Waals surface area (Å²) in [6.07, 6.45) is 8.61. The molecule has 0 aromatic rings. The summed E-state index contributed by atoms with van der Waals surface area (Å²) >= 11 is 0. The minimum absolute atomic E-state index is 1.06. The molecule has 0 aromatic heterocycles. The molecule has 0 rings (SSSR count). The van der Waals surface area contributed by atoms with Crippen molar-refractivity contribution in [2.75, 3.05) is 7.05 Å². The van der Waals surface area contributed by atoms with Crippen molar-refractivity contribution < 1.29 is 0 Å². The van der Waals surface area contributed by atoms with Crippen LogP contribution in [0.1, 0.15) is 26.7 Å². The van der Waals surface area contributed by atoms with Crippen LogP contribution in [0.4, 0.5) is 0 Å². The quantitative estimate of drug-likeness (QED) is 0.590. The average molecular weight is 139 g/mol. The second-order valence-electron chi connectivity index (χ2n) is 2.36. The predicted molar refractivity (Wildman–Crippen MR) is 46.9 cm³/mol. The SMILES string of the molecule is CC/C=C\C/C(C)=C\NC.